The number of aromatic nitrogens is 2. The quantitative estimate of drug-likeness (QED) is 0.578. The zero-order chi connectivity index (χ0) is 17.9. The monoisotopic (exact) mass is 364 g/mol. The number of hydrogen-bond acceptors (Lipinski definition) is 5. The van der Waals surface area contributed by atoms with Crippen LogP contribution >= 0.6 is 0 Å². The van der Waals surface area contributed by atoms with Gasteiger partial charge in [-0.2, -0.15) is 0 Å². The summed E-state index contributed by atoms with van der Waals surface area (Å²) in [7, 11) is -1.15. The molecular weight excluding hydrogens is 348 g/mol. The minimum atomic E-state index is -1.15. The smallest absolute Gasteiger partial charge is 0.247 e. The van der Waals surface area contributed by atoms with Gasteiger partial charge in [0.25, 0.3) is 0 Å². The van der Waals surface area contributed by atoms with E-state index in [0.29, 0.717) is 23.1 Å². The van der Waals surface area contributed by atoms with Crippen molar-refractivity contribution < 1.29 is 13.7 Å². The number of fused-ring (bicyclic) bond motifs is 1. The predicted molar refractivity (Wildman–Crippen MR) is 101 cm³/mol. The first-order chi connectivity index (χ1) is 12.7. The Hall–Kier alpha value is -2.99. The number of phenols is 1. The predicted octanol–water partition coefficient (Wildman–Crippen LogP) is 4.04. The van der Waals surface area contributed by atoms with Crippen molar-refractivity contribution in [3.05, 3.63) is 78.2 Å². The molecule has 0 saturated carbocycles. The molecule has 4 aromatic rings. The largest absolute Gasteiger partial charge is 0.508 e. The summed E-state index contributed by atoms with van der Waals surface area (Å²) >= 11 is 0. The van der Waals surface area contributed by atoms with Crippen LogP contribution in [-0.4, -0.2) is 19.5 Å². The topological polar surface area (TPSA) is 76.2 Å². The second-order valence-corrected chi connectivity index (χ2v) is 7.41. The molecule has 0 spiro atoms. The summed E-state index contributed by atoms with van der Waals surface area (Å²) in [6.45, 7) is 0. The number of nitrogens with zero attached hydrogens (tertiary/aromatic N) is 2. The van der Waals surface area contributed by atoms with Gasteiger partial charge in [-0.1, -0.05) is 42.5 Å². The first-order valence-electron chi connectivity index (χ1n) is 8.12. The van der Waals surface area contributed by atoms with Gasteiger partial charge in [0.15, 0.2) is 0 Å². The maximum atomic E-state index is 12.5. The zero-order valence-corrected chi connectivity index (χ0v) is 14.6. The highest BCUT2D eigenvalue weighted by atomic mass is 32.2. The summed E-state index contributed by atoms with van der Waals surface area (Å²) in [4.78, 5) is 0. The van der Waals surface area contributed by atoms with Crippen molar-refractivity contribution in [2.24, 2.45) is 0 Å². The lowest BCUT2D eigenvalue weighted by Crippen LogP contribution is -2.00. The van der Waals surface area contributed by atoms with Crippen molar-refractivity contribution in [1.29, 1.82) is 0 Å². The van der Waals surface area contributed by atoms with E-state index in [1.54, 1.807) is 24.3 Å². The highest BCUT2D eigenvalue weighted by Gasteiger charge is 2.12. The van der Waals surface area contributed by atoms with Crippen LogP contribution in [0, 0.1) is 0 Å². The molecule has 26 heavy (non-hydrogen) atoms. The lowest BCUT2D eigenvalue weighted by atomic mass is 10.1. The Morgan fingerprint density at radius 1 is 0.885 bits per heavy atom. The van der Waals surface area contributed by atoms with E-state index < -0.39 is 10.8 Å². The summed E-state index contributed by atoms with van der Waals surface area (Å²) in [6, 6.07) is 20.7. The number of aromatic hydroxyl groups is 1. The fourth-order valence-electron chi connectivity index (χ4n) is 2.74. The molecule has 0 saturated heterocycles. The second-order valence-electron chi connectivity index (χ2n) is 5.96. The maximum Gasteiger partial charge on any atom is 0.247 e. The first-order valence-corrected chi connectivity index (χ1v) is 9.60. The maximum absolute atomic E-state index is 12.5. The van der Waals surface area contributed by atoms with Crippen LogP contribution in [0.25, 0.3) is 22.2 Å². The van der Waals surface area contributed by atoms with Crippen molar-refractivity contribution in [2.75, 3.05) is 0 Å². The van der Waals surface area contributed by atoms with E-state index in [1.807, 2.05) is 30.3 Å². The Morgan fingerprint density at radius 2 is 1.65 bits per heavy atom. The lowest BCUT2D eigenvalue weighted by Gasteiger charge is -2.03. The fraction of sp³-hybridized carbons (Fsp3) is 0.100. The Bertz CT molecular complexity index is 1070. The van der Waals surface area contributed by atoms with Gasteiger partial charge in [-0.15, -0.1) is 10.2 Å². The van der Waals surface area contributed by atoms with Crippen LogP contribution in [0.5, 0.6) is 5.75 Å². The van der Waals surface area contributed by atoms with Crippen LogP contribution in [0.15, 0.2) is 71.1 Å². The van der Waals surface area contributed by atoms with Gasteiger partial charge in [0, 0.05) is 22.1 Å². The van der Waals surface area contributed by atoms with Gasteiger partial charge in [0.2, 0.25) is 11.8 Å². The Morgan fingerprint density at radius 3 is 2.46 bits per heavy atom. The second kappa shape index (κ2) is 7.09. The molecule has 4 rings (SSSR count). The third-order valence-corrected chi connectivity index (χ3v) is 5.23. The van der Waals surface area contributed by atoms with E-state index in [1.165, 1.54) is 0 Å². The van der Waals surface area contributed by atoms with E-state index in [4.69, 9.17) is 4.42 Å². The molecule has 0 amide bonds. The number of phenolic OH excluding ortho intramolecular Hbond substituents is 1. The molecule has 0 aliphatic carbocycles. The summed E-state index contributed by atoms with van der Waals surface area (Å²) in [6.07, 6.45) is 0. The van der Waals surface area contributed by atoms with Gasteiger partial charge < -0.3 is 9.52 Å². The standard InChI is InChI=1S/C20H16N2O3S/c23-18-9-7-16(8-10-18)20-22-21-19(25-20)13-26(24)12-14-5-6-15-3-1-2-4-17(15)11-14/h1-11,23H,12-13H2. The number of hydrogen-bond donors (Lipinski definition) is 1. The Balaban J connectivity index is 1.45. The Labute approximate surface area is 152 Å². The summed E-state index contributed by atoms with van der Waals surface area (Å²) < 4.78 is 18.0. The molecule has 1 N–H and O–H groups in total. The SMILES string of the molecule is O=S(Cc1ccc2ccccc2c1)Cc1nnc(-c2ccc(O)cc2)o1. The minimum Gasteiger partial charge on any atom is -0.508 e. The average molecular weight is 364 g/mol. The van der Waals surface area contributed by atoms with Gasteiger partial charge in [-0.25, -0.2) is 0 Å². The molecule has 1 aromatic heterocycles. The lowest BCUT2D eigenvalue weighted by molar-refractivity contribution is 0.475. The van der Waals surface area contributed by atoms with Gasteiger partial charge in [-0.3, -0.25) is 4.21 Å². The van der Waals surface area contributed by atoms with Crippen molar-refractivity contribution in [3.63, 3.8) is 0 Å². The normalized spacial score (nSPS) is 12.3. The van der Waals surface area contributed by atoms with Gasteiger partial charge in [0.05, 0.1) is 0 Å². The zero-order valence-electron chi connectivity index (χ0n) is 13.8. The van der Waals surface area contributed by atoms with Crippen molar-refractivity contribution in [2.45, 2.75) is 11.5 Å². The molecule has 0 radical (unpaired) electrons. The van der Waals surface area contributed by atoms with E-state index >= 15 is 0 Å². The molecule has 1 heterocycles. The van der Waals surface area contributed by atoms with Gasteiger partial charge in [-0.05, 0) is 40.6 Å². The van der Waals surface area contributed by atoms with Crippen molar-refractivity contribution in [3.8, 4) is 17.2 Å². The van der Waals surface area contributed by atoms with E-state index in [9.17, 15) is 9.32 Å². The summed E-state index contributed by atoms with van der Waals surface area (Å²) in [5.74, 6) is 1.50. The van der Waals surface area contributed by atoms with Crippen LogP contribution in [0.2, 0.25) is 0 Å². The third kappa shape index (κ3) is 3.65. The molecular formula is C20H16N2O3S. The molecule has 6 heteroatoms. The molecule has 3 aromatic carbocycles. The molecule has 1 atom stereocenters. The van der Waals surface area contributed by atoms with Gasteiger partial charge in [0.1, 0.15) is 11.5 Å². The van der Waals surface area contributed by atoms with Crippen LogP contribution in [-0.2, 0) is 22.3 Å². The van der Waals surface area contributed by atoms with Crippen molar-refractivity contribution >= 4 is 21.6 Å². The molecule has 130 valence electrons. The molecule has 0 fully saturated rings. The highest BCUT2D eigenvalue weighted by molar-refractivity contribution is 7.83. The van der Waals surface area contributed by atoms with E-state index in [-0.39, 0.29) is 11.5 Å². The number of benzene rings is 3. The van der Waals surface area contributed by atoms with Gasteiger partial charge >= 0.3 is 0 Å². The van der Waals surface area contributed by atoms with Crippen molar-refractivity contribution in [1.82, 2.24) is 10.2 Å². The van der Waals surface area contributed by atoms with E-state index in [2.05, 4.69) is 22.3 Å². The van der Waals surface area contributed by atoms with E-state index in [0.717, 1.165) is 16.3 Å². The summed E-state index contributed by atoms with van der Waals surface area (Å²) in [5, 5.41) is 19.6. The first kappa shape index (κ1) is 16.5. The molecule has 0 aliphatic heterocycles. The third-order valence-electron chi connectivity index (χ3n) is 4.01. The molecule has 1 unspecified atom stereocenters. The van der Waals surface area contributed by atoms with Crippen LogP contribution < -0.4 is 0 Å². The van der Waals surface area contributed by atoms with Crippen LogP contribution in [0.4, 0.5) is 0 Å². The molecule has 5 nitrogen and oxygen atoms in total. The average Bonchev–Trinajstić information content (AvgIpc) is 3.10. The Kier molecular flexibility index (Phi) is 4.50. The fourth-order valence-corrected chi connectivity index (χ4v) is 3.78. The summed E-state index contributed by atoms with van der Waals surface area (Å²) in [5.41, 5.74) is 1.72. The van der Waals surface area contributed by atoms with Crippen LogP contribution in [0.3, 0.4) is 0 Å². The number of rotatable bonds is 5. The molecule has 0 bridgehead atoms. The molecule has 0 aliphatic rings. The van der Waals surface area contributed by atoms with Crippen LogP contribution in [0.1, 0.15) is 11.5 Å². The minimum absolute atomic E-state index is 0.171. The highest BCUT2D eigenvalue weighted by Crippen LogP contribution is 2.22.